The molecule has 0 unspecified atom stereocenters. The molecule has 0 spiro atoms. The maximum atomic E-state index is 5.72. The van der Waals surface area contributed by atoms with Crippen LogP contribution in [0.3, 0.4) is 0 Å². The molecule has 0 atom stereocenters. The van der Waals surface area contributed by atoms with Gasteiger partial charge < -0.3 is 5.73 Å². The summed E-state index contributed by atoms with van der Waals surface area (Å²) < 4.78 is 0. The molecule has 116 valence electrons. The first-order chi connectivity index (χ1) is 11.2. The molecule has 1 aliphatic carbocycles. The van der Waals surface area contributed by atoms with E-state index in [1.807, 2.05) is 31.2 Å². The van der Waals surface area contributed by atoms with E-state index in [-0.39, 0.29) is 0 Å². The molecule has 1 aromatic carbocycles. The fraction of sp³-hybridized carbons (Fsp3) is 0.235. The summed E-state index contributed by atoms with van der Waals surface area (Å²) in [6.07, 6.45) is 5.09. The summed E-state index contributed by atoms with van der Waals surface area (Å²) in [5.41, 5.74) is 12.9. The van der Waals surface area contributed by atoms with Gasteiger partial charge in [0, 0.05) is 10.6 Å². The predicted molar refractivity (Wildman–Crippen MR) is 96.1 cm³/mol. The number of benzene rings is 1. The van der Waals surface area contributed by atoms with Gasteiger partial charge in [-0.3, -0.25) is 5.43 Å². The molecule has 3 N–H and O–H groups in total. The summed E-state index contributed by atoms with van der Waals surface area (Å²) >= 11 is 1.78. The van der Waals surface area contributed by atoms with Crippen LogP contribution in [0.25, 0.3) is 10.2 Å². The fourth-order valence-corrected chi connectivity index (χ4v) is 4.17. The topological polar surface area (TPSA) is 76.2 Å². The molecule has 0 radical (unpaired) electrons. The SMILES string of the molecule is CC(=NNc1ncnc2sc3c(c12)CCC3)c1ccc(N)cc1. The number of nitrogens with zero attached hydrogens (tertiary/aromatic N) is 3. The molecule has 0 saturated carbocycles. The molecule has 3 aromatic rings. The molecule has 0 amide bonds. The van der Waals surface area contributed by atoms with Gasteiger partial charge in [-0.15, -0.1) is 11.3 Å². The highest BCUT2D eigenvalue weighted by Gasteiger charge is 2.21. The summed E-state index contributed by atoms with van der Waals surface area (Å²) in [6.45, 7) is 1.97. The fourth-order valence-electron chi connectivity index (χ4n) is 2.94. The Labute approximate surface area is 138 Å². The van der Waals surface area contributed by atoms with Crippen LogP contribution < -0.4 is 11.2 Å². The van der Waals surface area contributed by atoms with Crippen LogP contribution in [0.15, 0.2) is 35.7 Å². The lowest BCUT2D eigenvalue weighted by atomic mass is 10.1. The van der Waals surface area contributed by atoms with Crippen LogP contribution in [-0.2, 0) is 12.8 Å². The smallest absolute Gasteiger partial charge is 0.158 e. The molecular weight excluding hydrogens is 306 g/mol. The molecule has 0 aliphatic heterocycles. The zero-order chi connectivity index (χ0) is 15.8. The van der Waals surface area contributed by atoms with Crippen LogP contribution in [-0.4, -0.2) is 15.7 Å². The number of nitrogens with one attached hydrogen (secondary N) is 1. The van der Waals surface area contributed by atoms with Gasteiger partial charge in [-0.05, 0) is 49.4 Å². The van der Waals surface area contributed by atoms with Crippen molar-refractivity contribution >= 4 is 38.8 Å². The van der Waals surface area contributed by atoms with Crippen molar-refractivity contribution in [1.29, 1.82) is 0 Å². The summed E-state index contributed by atoms with van der Waals surface area (Å²) in [5, 5.41) is 5.63. The first kappa shape index (κ1) is 14.1. The van der Waals surface area contributed by atoms with Crippen molar-refractivity contribution in [2.45, 2.75) is 26.2 Å². The second kappa shape index (κ2) is 5.62. The average Bonchev–Trinajstić information content (AvgIpc) is 3.14. The molecule has 2 heterocycles. The molecular formula is C17H17N5S. The van der Waals surface area contributed by atoms with E-state index in [0.29, 0.717) is 0 Å². The Kier molecular flexibility index (Phi) is 3.46. The second-order valence-electron chi connectivity index (χ2n) is 5.69. The molecule has 4 rings (SSSR count). The number of hydrazone groups is 1. The molecule has 2 aromatic heterocycles. The minimum atomic E-state index is 0.751. The van der Waals surface area contributed by atoms with Crippen LogP contribution in [0.4, 0.5) is 11.5 Å². The number of aromatic nitrogens is 2. The molecule has 5 nitrogen and oxygen atoms in total. The highest BCUT2D eigenvalue weighted by molar-refractivity contribution is 7.19. The second-order valence-corrected chi connectivity index (χ2v) is 6.77. The summed E-state index contributed by atoms with van der Waals surface area (Å²) in [6, 6.07) is 7.69. The first-order valence-electron chi connectivity index (χ1n) is 7.64. The van der Waals surface area contributed by atoms with Crippen molar-refractivity contribution in [3.05, 3.63) is 46.6 Å². The van der Waals surface area contributed by atoms with Crippen LogP contribution in [0.2, 0.25) is 0 Å². The average molecular weight is 323 g/mol. The number of anilines is 2. The zero-order valence-electron chi connectivity index (χ0n) is 12.8. The summed E-state index contributed by atoms with van der Waals surface area (Å²) in [5.74, 6) is 0.796. The predicted octanol–water partition coefficient (Wildman–Crippen LogP) is 3.60. The van der Waals surface area contributed by atoms with Crippen molar-refractivity contribution in [3.8, 4) is 0 Å². The van der Waals surface area contributed by atoms with Crippen LogP contribution in [0.1, 0.15) is 29.3 Å². The number of thiophene rings is 1. The highest BCUT2D eigenvalue weighted by Crippen LogP contribution is 2.38. The Morgan fingerprint density at radius 2 is 2.04 bits per heavy atom. The van der Waals surface area contributed by atoms with E-state index >= 15 is 0 Å². The highest BCUT2D eigenvalue weighted by atomic mass is 32.1. The van der Waals surface area contributed by atoms with Crippen molar-refractivity contribution in [2.75, 3.05) is 11.2 Å². The van der Waals surface area contributed by atoms with Gasteiger partial charge >= 0.3 is 0 Å². The number of nitrogens with two attached hydrogens (primary N) is 1. The van der Waals surface area contributed by atoms with Gasteiger partial charge in [-0.2, -0.15) is 5.10 Å². The van der Waals surface area contributed by atoms with E-state index < -0.39 is 0 Å². The van der Waals surface area contributed by atoms with Crippen LogP contribution in [0.5, 0.6) is 0 Å². The Morgan fingerprint density at radius 1 is 1.22 bits per heavy atom. The van der Waals surface area contributed by atoms with E-state index in [1.165, 1.54) is 16.9 Å². The molecule has 0 saturated heterocycles. The van der Waals surface area contributed by atoms with Crippen molar-refractivity contribution < 1.29 is 0 Å². The first-order valence-corrected chi connectivity index (χ1v) is 8.45. The van der Waals surface area contributed by atoms with Gasteiger partial charge in [0.05, 0.1) is 11.1 Å². The minimum Gasteiger partial charge on any atom is -0.399 e. The third-order valence-electron chi connectivity index (χ3n) is 4.16. The van der Waals surface area contributed by atoms with Crippen LogP contribution in [0, 0.1) is 0 Å². The third-order valence-corrected chi connectivity index (χ3v) is 5.36. The third kappa shape index (κ3) is 2.55. The zero-order valence-corrected chi connectivity index (χ0v) is 13.7. The maximum absolute atomic E-state index is 5.72. The van der Waals surface area contributed by atoms with Crippen LogP contribution >= 0.6 is 11.3 Å². The van der Waals surface area contributed by atoms with E-state index in [1.54, 1.807) is 17.7 Å². The number of hydrogen-bond acceptors (Lipinski definition) is 6. The molecule has 6 heteroatoms. The molecule has 0 bridgehead atoms. The van der Waals surface area contributed by atoms with E-state index in [4.69, 9.17) is 5.73 Å². The molecule has 23 heavy (non-hydrogen) atoms. The Balaban J connectivity index is 1.68. The lowest BCUT2D eigenvalue weighted by Gasteiger charge is -2.05. The lowest BCUT2D eigenvalue weighted by Crippen LogP contribution is -2.02. The monoisotopic (exact) mass is 323 g/mol. The number of rotatable bonds is 3. The quantitative estimate of drug-likeness (QED) is 0.439. The van der Waals surface area contributed by atoms with E-state index in [2.05, 4.69) is 20.5 Å². The standard InChI is InChI=1S/C17H17N5S/c1-10(11-5-7-12(18)8-6-11)21-22-16-15-13-3-2-4-14(13)23-17(15)20-9-19-16/h5-9H,2-4,18H2,1H3,(H,19,20,22). The minimum absolute atomic E-state index is 0.751. The van der Waals surface area contributed by atoms with Gasteiger partial charge in [0.25, 0.3) is 0 Å². The van der Waals surface area contributed by atoms with Crippen molar-refractivity contribution in [2.24, 2.45) is 5.10 Å². The van der Waals surface area contributed by atoms with Gasteiger partial charge in [-0.25, -0.2) is 9.97 Å². The Bertz CT molecular complexity index is 895. The number of nitrogen functional groups attached to an aromatic ring is 1. The van der Waals surface area contributed by atoms with E-state index in [9.17, 15) is 0 Å². The lowest BCUT2D eigenvalue weighted by molar-refractivity contribution is 0.917. The van der Waals surface area contributed by atoms with Gasteiger partial charge in [0.2, 0.25) is 0 Å². The Hall–Kier alpha value is -2.47. The molecule has 0 fully saturated rings. The normalized spacial score (nSPS) is 14.2. The number of aryl methyl sites for hydroxylation is 2. The van der Waals surface area contributed by atoms with E-state index in [0.717, 1.165) is 45.8 Å². The van der Waals surface area contributed by atoms with Gasteiger partial charge in [0.1, 0.15) is 11.2 Å². The largest absolute Gasteiger partial charge is 0.399 e. The molecule has 1 aliphatic rings. The van der Waals surface area contributed by atoms with Gasteiger partial charge in [-0.1, -0.05) is 12.1 Å². The maximum Gasteiger partial charge on any atom is 0.158 e. The van der Waals surface area contributed by atoms with Crippen molar-refractivity contribution in [1.82, 2.24) is 9.97 Å². The van der Waals surface area contributed by atoms with Gasteiger partial charge in [0.15, 0.2) is 5.82 Å². The number of hydrogen-bond donors (Lipinski definition) is 2. The summed E-state index contributed by atoms with van der Waals surface area (Å²) in [4.78, 5) is 11.3. The van der Waals surface area contributed by atoms with Crippen molar-refractivity contribution in [3.63, 3.8) is 0 Å². The summed E-state index contributed by atoms with van der Waals surface area (Å²) in [7, 11) is 0. The Morgan fingerprint density at radius 3 is 2.87 bits per heavy atom. The number of fused-ring (bicyclic) bond motifs is 3.